The lowest BCUT2D eigenvalue weighted by molar-refractivity contribution is -0.387. The molecule has 0 aromatic heterocycles. The zero-order valence-electron chi connectivity index (χ0n) is 7.40. The van der Waals surface area contributed by atoms with Gasteiger partial charge in [-0.15, -0.1) is 0 Å². The maximum atomic E-state index is 13.3. The Morgan fingerprint density at radius 1 is 1.47 bits per heavy atom. The predicted molar refractivity (Wildman–Crippen MR) is 50.8 cm³/mol. The van der Waals surface area contributed by atoms with Crippen LogP contribution in [0.25, 0.3) is 0 Å². The van der Waals surface area contributed by atoms with Gasteiger partial charge in [0.2, 0.25) is 5.82 Å². The molecule has 82 valence electrons. The zero-order valence-corrected chi connectivity index (χ0v) is 8.97. The van der Waals surface area contributed by atoms with Crippen LogP contribution in [0.2, 0.25) is 0 Å². The maximum Gasteiger partial charge on any atom is 0.306 e. The Bertz CT molecular complexity index is 528. The van der Waals surface area contributed by atoms with Crippen molar-refractivity contribution in [3.8, 4) is 0 Å². The third kappa shape index (κ3) is 2.42. The van der Waals surface area contributed by atoms with E-state index in [-0.39, 0.29) is 5.56 Å². The van der Waals surface area contributed by atoms with Crippen LogP contribution in [0.3, 0.4) is 0 Å². The van der Waals surface area contributed by atoms with Gasteiger partial charge in [-0.1, -0.05) is 0 Å². The van der Waals surface area contributed by atoms with Crippen molar-refractivity contribution in [2.75, 3.05) is 0 Å². The third-order valence-electron chi connectivity index (χ3n) is 1.62. The highest BCUT2D eigenvalue weighted by Gasteiger charge is 2.25. The van der Waals surface area contributed by atoms with Gasteiger partial charge in [0, 0.05) is 16.7 Å². The summed E-state index contributed by atoms with van der Waals surface area (Å²) in [5.74, 6) is -1.44. The second kappa shape index (κ2) is 3.74. The third-order valence-corrected chi connectivity index (χ3v) is 2.94. The van der Waals surface area contributed by atoms with E-state index in [2.05, 4.69) is 0 Å². The van der Waals surface area contributed by atoms with Crippen LogP contribution in [-0.2, 0) is 9.05 Å². The smallest absolute Gasteiger partial charge is 0.258 e. The molecule has 0 N–H and O–H groups in total. The standard InChI is InChI=1S/C7H5ClFNO4S/c1-4-2-5(10(11)12)7(9)6(3-4)15(8,13)14/h2-3H,1H3. The van der Waals surface area contributed by atoms with Gasteiger partial charge in [0.1, 0.15) is 4.90 Å². The van der Waals surface area contributed by atoms with Crippen LogP contribution in [0.4, 0.5) is 10.1 Å². The number of nitro benzene ring substituents is 1. The molecule has 0 aliphatic carbocycles. The van der Waals surface area contributed by atoms with Crippen LogP contribution < -0.4 is 0 Å². The minimum absolute atomic E-state index is 0.238. The Kier molecular flexibility index (Phi) is 2.96. The van der Waals surface area contributed by atoms with Gasteiger partial charge in [-0.2, -0.15) is 4.39 Å². The first-order valence-electron chi connectivity index (χ1n) is 3.62. The number of hydrogen-bond donors (Lipinski definition) is 0. The lowest BCUT2D eigenvalue weighted by Crippen LogP contribution is -2.01. The van der Waals surface area contributed by atoms with Gasteiger partial charge in [-0.05, 0) is 18.6 Å². The van der Waals surface area contributed by atoms with Gasteiger partial charge in [-0.25, -0.2) is 8.42 Å². The first kappa shape index (κ1) is 11.9. The fraction of sp³-hybridized carbons (Fsp3) is 0.143. The molecule has 15 heavy (non-hydrogen) atoms. The summed E-state index contributed by atoms with van der Waals surface area (Å²) in [4.78, 5) is 8.50. The van der Waals surface area contributed by atoms with Gasteiger partial charge < -0.3 is 0 Å². The van der Waals surface area contributed by atoms with E-state index in [1.54, 1.807) is 0 Å². The number of benzene rings is 1. The molecule has 0 saturated carbocycles. The largest absolute Gasteiger partial charge is 0.306 e. The lowest BCUT2D eigenvalue weighted by Gasteiger charge is -2.01. The number of aryl methyl sites for hydroxylation is 1. The molecule has 8 heteroatoms. The van der Waals surface area contributed by atoms with Crippen molar-refractivity contribution in [3.63, 3.8) is 0 Å². The number of nitrogens with zero attached hydrogens (tertiary/aromatic N) is 1. The highest BCUT2D eigenvalue weighted by atomic mass is 35.7. The average molecular weight is 254 g/mol. The number of nitro groups is 1. The Morgan fingerprint density at radius 3 is 2.40 bits per heavy atom. The SMILES string of the molecule is Cc1cc([N+](=O)[O-])c(F)c(S(=O)(=O)Cl)c1. The molecule has 1 aromatic rings. The highest BCUT2D eigenvalue weighted by molar-refractivity contribution is 8.13. The molecule has 1 aromatic carbocycles. The van der Waals surface area contributed by atoms with Crippen molar-refractivity contribution in [3.05, 3.63) is 33.6 Å². The van der Waals surface area contributed by atoms with Gasteiger partial charge in [-0.3, -0.25) is 10.1 Å². The van der Waals surface area contributed by atoms with Crippen molar-refractivity contribution < 1.29 is 17.7 Å². The molecule has 1 rings (SSSR count). The summed E-state index contributed by atoms with van der Waals surface area (Å²) in [6, 6.07) is 1.87. The van der Waals surface area contributed by atoms with Crippen molar-refractivity contribution in [2.24, 2.45) is 0 Å². The molecule has 0 amide bonds. The Balaban J connectivity index is 3.63. The number of hydrogen-bond acceptors (Lipinski definition) is 4. The topological polar surface area (TPSA) is 77.3 Å². The molecule has 5 nitrogen and oxygen atoms in total. The van der Waals surface area contributed by atoms with Gasteiger partial charge >= 0.3 is 5.69 Å². The average Bonchev–Trinajstić information content (AvgIpc) is 2.06. The van der Waals surface area contributed by atoms with Gasteiger partial charge in [0.25, 0.3) is 9.05 Å². The van der Waals surface area contributed by atoms with Crippen molar-refractivity contribution in [2.45, 2.75) is 11.8 Å². The summed E-state index contributed by atoms with van der Waals surface area (Å²) in [6.07, 6.45) is 0. The molecule has 0 atom stereocenters. The first-order valence-corrected chi connectivity index (χ1v) is 5.93. The molecule has 0 radical (unpaired) electrons. The maximum absolute atomic E-state index is 13.3. The zero-order chi connectivity index (χ0) is 11.8. The summed E-state index contributed by atoms with van der Waals surface area (Å²) in [5, 5.41) is 10.4. The highest BCUT2D eigenvalue weighted by Crippen LogP contribution is 2.27. The fourth-order valence-corrected chi connectivity index (χ4v) is 2.01. The van der Waals surface area contributed by atoms with E-state index in [9.17, 15) is 22.9 Å². The first-order chi connectivity index (χ1) is 6.73. The van der Waals surface area contributed by atoms with Crippen LogP contribution in [0, 0.1) is 22.9 Å². The number of rotatable bonds is 2. The van der Waals surface area contributed by atoms with E-state index in [0.717, 1.165) is 12.1 Å². The van der Waals surface area contributed by atoms with E-state index >= 15 is 0 Å². The normalized spacial score (nSPS) is 11.4. The van der Waals surface area contributed by atoms with Gasteiger partial charge in [0.15, 0.2) is 0 Å². The molecule has 0 aliphatic rings. The Morgan fingerprint density at radius 2 is 2.00 bits per heavy atom. The number of halogens is 2. The molecule has 0 saturated heterocycles. The van der Waals surface area contributed by atoms with E-state index in [4.69, 9.17) is 10.7 Å². The molecule has 0 bridgehead atoms. The predicted octanol–water partition coefficient (Wildman–Crippen LogP) is 1.97. The molecular formula is C7H5ClFNO4S. The van der Waals surface area contributed by atoms with Crippen molar-refractivity contribution in [1.82, 2.24) is 0 Å². The fourth-order valence-electron chi connectivity index (χ4n) is 1.03. The van der Waals surface area contributed by atoms with Gasteiger partial charge in [0.05, 0.1) is 4.92 Å². The van der Waals surface area contributed by atoms with E-state index in [1.807, 2.05) is 0 Å². The van der Waals surface area contributed by atoms with Crippen LogP contribution in [0.1, 0.15) is 5.56 Å². The van der Waals surface area contributed by atoms with Crippen molar-refractivity contribution >= 4 is 25.4 Å². The second-order valence-corrected chi connectivity index (χ2v) is 5.33. The van der Waals surface area contributed by atoms with Crippen LogP contribution in [-0.4, -0.2) is 13.3 Å². The minimum atomic E-state index is -4.32. The summed E-state index contributed by atoms with van der Waals surface area (Å²) in [7, 11) is 0.603. The molecule has 0 unspecified atom stereocenters. The Labute approximate surface area is 89.0 Å². The van der Waals surface area contributed by atoms with Crippen LogP contribution in [0.15, 0.2) is 17.0 Å². The molecule has 0 heterocycles. The molecule has 0 spiro atoms. The molecule has 0 aliphatic heterocycles. The van der Waals surface area contributed by atoms with E-state index in [0.29, 0.717) is 0 Å². The second-order valence-electron chi connectivity index (χ2n) is 2.79. The summed E-state index contributed by atoms with van der Waals surface area (Å²) < 4.78 is 35.1. The summed E-state index contributed by atoms with van der Waals surface area (Å²) in [6.45, 7) is 1.40. The summed E-state index contributed by atoms with van der Waals surface area (Å²) in [5.41, 5.74) is -0.670. The molecular weight excluding hydrogens is 249 g/mol. The van der Waals surface area contributed by atoms with Crippen molar-refractivity contribution in [1.29, 1.82) is 0 Å². The lowest BCUT2D eigenvalue weighted by atomic mass is 10.2. The Hall–Kier alpha value is -1.21. The van der Waals surface area contributed by atoms with E-state index in [1.165, 1.54) is 6.92 Å². The minimum Gasteiger partial charge on any atom is -0.258 e. The van der Waals surface area contributed by atoms with Crippen LogP contribution in [0.5, 0.6) is 0 Å². The monoisotopic (exact) mass is 253 g/mol. The van der Waals surface area contributed by atoms with Crippen LogP contribution >= 0.6 is 10.7 Å². The van der Waals surface area contributed by atoms with E-state index < -0.39 is 30.4 Å². The summed E-state index contributed by atoms with van der Waals surface area (Å²) >= 11 is 0. The molecule has 0 fully saturated rings. The quantitative estimate of drug-likeness (QED) is 0.459.